The molecule has 3 rings (SSSR count). The van der Waals surface area contributed by atoms with Gasteiger partial charge < -0.3 is 0 Å². The van der Waals surface area contributed by atoms with E-state index in [0.29, 0.717) is 5.92 Å². The number of nitrogens with one attached hydrogen (secondary N) is 1. The van der Waals surface area contributed by atoms with E-state index in [9.17, 15) is 0 Å². The van der Waals surface area contributed by atoms with E-state index in [2.05, 4.69) is 30.3 Å². The van der Waals surface area contributed by atoms with Crippen LogP contribution in [0.1, 0.15) is 40.4 Å². The summed E-state index contributed by atoms with van der Waals surface area (Å²) in [5.74, 6) is 2.38. The van der Waals surface area contributed by atoms with Gasteiger partial charge in [-0.1, -0.05) is 0 Å². The van der Waals surface area contributed by atoms with E-state index < -0.39 is 0 Å². The van der Waals surface area contributed by atoms with Gasteiger partial charge in [0.05, 0.1) is 6.54 Å². The molecule has 0 aliphatic carbocycles. The number of aromatic amines is 1. The molecular weight excluding hydrogens is 260 g/mol. The zero-order chi connectivity index (χ0) is 13.2. The largest absolute Gasteiger partial charge is 0.297 e. The maximum Gasteiger partial charge on any atom is 0.153 e. The molecule has 0 aromatic carbocycles. The van der Waals surface area contributed by atoms with Crippen LogP contribution >= 0.6 is 11.3 Å². The number of H-pyrrole nitrogens is 1. The smallest absolute Gasteiger partial charge is 0.153 e. The number of aryl methyl sites for hydroxylation is 2. The van der Waals surface area contributed by atoms with Gasteiger partial charge in [-0.05, 0) is 39.8 Å². The highest BCUT2D eigenvalue weighted by molar-refractivity contribution is 7.11. The van der Waals surface area contributed by atoms with E-state index in [0.717, 1.165) is 54.1 Å². The SMILES string of the molecule is Cc1nc(C2CCN(Cc3nnc(C)s3)CC2)n[nH]1. The number of rotatable bonds is 3. The second kappa shape index (κ2) is 5.34. The fourth-order valence-electron chi connectivity index (χ4n) is 2.48. The van der Waals surface area contributed by atoms with Crippen LogP contribution < -0.4 is 0 Å². The van der Waals surface area contributed by atoms with Crippen molar-refractivity contribution in [3.05, 3.63) is 21.7 Å². The van der Waals surface area contributed by atoms with Crippen molar-refractivity contribution in [3.8, 4) is 0 Å². The Kier molecular flexibility index (Phi) is 3.56. The first-order valence-corrected chi connectivity index (χ1v) is 7.42. The Morgan fingerprint density at radius 3 is 2.63 bits per heavy atom. The Morgan fingerprint density at radius 2 is 2.05 bits per heavy atom. The number of hydrogen-bond acceptors (Lipinski definition) is 6. The van der Waals surface area contributed by atoms with E-state index in [-0.39, 0.29) is 0 Å². The normalized spacial score (nSPS) is 18.0. The summed E-state index contributed by atoms with van der Waals surface area (Å²) in [5, 5.41) is 17.6. The highest BCUT2D eigenvalue weighted by atomic mass is 32.1. The summed E-state index contributed by atoms with van der Waals surface area (Å²) in [4.78, 5) is 6.88. The number of likely N-dealkylation sites (tertiary alicyclic amines) is 1. The minimum atomic E-state index is 0.498. The fourth-order valence-corrected chi connectivity index (χ4v) is 3.24. The molecule has 1 aliphatic heterocycles. The number of hydrogen-bond donors (Lipinski definition) is 1. The van der Waals surface area contributed by atoms with Crippen LogP contribution in [0.25, 0.3) is 0 Å². The quantitative estimate of drug-likeness (QED) is 0.924. The van der Waals surface area contributed by atoms with Crippen molar-refractivity contribution in [3.63, 3.8) is 0 Å². The van der Waals surface area contributed by atoms with Crippen molar-refractivity contribution in [2.24, 2.45) is 0 Å². The van der Waals surface area contributed by atoms with Crippen molar-refractivity contribution in [2.45, 2.75) is 39.2 Å². The molecule has 0 unspecified atom stereocenters. The lowest BCUT2D eigenvalue weighted by Crippen LogP contribution is -2.32. The molecule has 0 amide bonds. The molecule has 2 aromatic rings. The summed E-state index contributed by atoms with van der Waals surface area (Å²) in [6.45, 7) is 7.03. The molecule has 7 heteroatoms. The zero-order valence-corrected chi connectivity index (χ0v) is 12.1. The van der Waals surface area contributed by atoms with Gasteiger partial charge in [0, 0.05) is 5.92 Å². The molecule has 2 aromatic heterocycles. The second-order valence-electron chi connectivity index (χ2n) is 5.04. The molecule has 0 atom stereocenters. The molecule has 19 heavy (non-hydrogen) atoms. The van der Waals surface area contributed by atoms with Gasteiger partial charge in [0.2, 0.25) is 0 Å². The second-order valence-corrected chi connectivity index (χ2v) is 6.31. The maximum atomic E-state index is 4.44. The molecule has 6 nitrogen and oxygen atoms in total. The van der Waals surface area contributed by atoms with Gasteiger partial charge in [-0.15, -0.1) is 21.5 Å². The third kappa shape index (κ3) is 2.98. The standard InChI is InChI=1S/C12H18N6S/c1-8-13-12(17-14-8)10-3-5-18(6-4-10)7-11-16-15-9(2)19-11/h10H,3-7H2,1-2H3,(H,13,14,17). The highest BCUT2D eigenvalue weighted by Crippen LogP contribution is 2.26. The minimum absolute atomic E-state index is 0.498. The molecule has 0 saturated carbocycles. The monoisotopic (exact) mass is 278 g/mol. The van der Waals surface area contributed by atoms with Crippen LogP contribution in [0, 0.1) is 13.8 Å². The average Bonchev–Trinajstić information content (AvgIpc) is 3.00. The maximum absolute atomic E-state index is 4.44. The summed E-state index contributed by atoms with van der Waals surface area (Å²) in [7, 11) is 0. The highest BCUT2D eigenvalue weighted by Gasteiger charge is 2.24. The fraction of sp³-hybridized carbons (Fsp3) is 0.667. The van der Waals surface area contributed by atoms with Crippen LogP contribution in [-0.4, -0.2) is 43.4 Å². The Hall–Kier alpha value is -1.34. The predicted molar refractivity (Wildman–Crippen MR) is 73.0 cm³/mol. The molecule has 0 bridgehead atoms. The summed E-state index contributed by atoms with van der Waals surface area (Å²) >= 11 is 1.69. The molecule has 3 heterocycles. The topological polar surface area (TPSA) is 70.6 Å². The van der Waals surface area contributed by atoms with Crippen molar-refractivity contribution in [1.29, 1.82) is 0 Å². The van der Waals surface area contributed by atoms with Crippen LogP contribution in [0.15, 0.2) is 0 Å². The zero-order valence-electron chi connectivity index (χ0n) is 11.3. The van der Waals surface area contributed by atoms with Gasteiger partial charge in [-0.2, -0.15) is 5.10 Å². The summed E-state index contributed by atoms with van der Waals surface area (Å²) in [6.07, 6.45) is 2.24. The van der Waals surface area contributed by atoms with Gasteiger partial charge in [0.15, 0.2) is 5.82 Å². The van der Waals surface area contributed by atoms with E-state index in [1.807, 2.05) is 13.8 Å². The average molecular weight is 278 g/mol. The number of nitrogens with zero attached hydrogens (tertiary/aromatic N) is 5. The lowest BCUT2D eigenvalue weighted by atomic mass is 9.96. The molecule has 0 radical (unpaired) electrons. The van der Waals surface area contributed by atoms with Gasteiger partial charge >= 0.3 is 0 Å². The van der Waals surface area contributed by atoms with Gasteiger partial charge in [0.25, 0.3) is 0 Å². The molecule has 1 aliphatic rings. The van der Waals surface area contributed by atoms with Crippen molar-refractivity contribution in [2.75, 3.05) is 13.1 Å². The van der Waals surface area contributed by atoms with Crippen LogP contribution in [0.5, 0.6) is 0 Å². The summed E-state index contributed by atoms with van der Waals surface area (Å²) < 4.78 is 0. The lowest BCUT2D eigenvalue weighted by Gasteiger charge is -2.29. The third-order valence-electron chi connectivity index (χ3n) is 3.49. The molecule has 1 fully saturated rings. The predicted octanol–water partition coefficient (Wildman–Crippen LogP) is 1.65. The van der Waals surface area contributed by atoms with Crippen molar-refractivity contribution in [1.82, 2.24) is 30.3 Å². The van der Waals surface area contributed by atoms with Gasteiger partial charge in [-0.3, -0.25) is 10.00 Å². The molecular formula is C12H18N6S. The summed E-state index contributed by atoms with van der Waals surface area (Å²) in [6, 6.07) is 0. The molecule has 1 saturated heterocycles. The van der Waals surface area contributed by atoms with Crippen molar-refractivity contribution < 1.29 is 0 Å². The van der Waals surface area contributed by atoms with Crippen LogP contribution in [0.2, 0.25) is 0 Å². The van der Waals surface area contributed by atoms with E-state index >= 15 is 0 Å². The van der Waals surface area contributed by atoms with E-state index in [4.69, 9.17) is 0 Å². The van der Waals surface area contributed by atoms with E-state index in [1.54, 1.807) is 11.3 Å². The van der Waals surface area contributed by atoms with Gasteiger partial charge in [-0.25, -0.2) is 4.98 Å². The number of piperidine rings is 1. The minimum Gasteiger partial charge on any atom is -0.297 e. The van der Waals surface area contributed by atoms with Crippen LogP contribution in [0.4, 0.5) is 0 Å². The Balaban J connectivity index is 1.54. The first-order chi connectivity index (χ1) is 9.20. The van der Waals surface area contributed by atoms with Crippen LogP contribution in [-0.2, 0) is 6.54 Å². The molecule has 0 spiro atoms. The van der Waals surface area contributed by atoms with Crippen LogP contribution in [0.3, 0.4) is 0 Å². The number of aromatic nitrogens is 5. The lowest BCUT2D eigenvalue weighted by molar-refractivity contribution is 0.201. The Bertz CT molecular complexity index is 540. The molecule has 102 valence electrons. The van der Waals surface area contributed by atoms with Crippen molar-refractivity contribution >= 4 is 11.3 Å². The summed E-state index contributed by atoms with van der Waals surface area (Å²) in [5.41, 5.74) is 0. The Morgan fingerprint density at radius 1 is 1.26 bits per heavy atom. The first kappa shape index (κ1) is 12.7. The third-order valence-corrected chi connectivity index (χ3v) is 4.32. The molecule has 1 N–H and O–H groups in total. The van der Waals surface area contributed by atoms with Gasteiger partial charge in [0.1, 0.15) is 15.8 Å². The Labute approximate surface area is 116 Å². The van der Waals surface area contributed by atoms with E-state index in [1.165, 1.54) is 0 Å². The first-order valence-electron chi connectivity index (χ1n) is 6.61.